The summed E-state index contributed by atoms with van der Waals surface area (Å²) < 4.78 is 18.9. The first-order chi connectivity index (χ1) is 10.0. The molecule has 0 aliphatic heterocycles. The van der Waals surface area contributed by atoms with Crippen LogP contribution in [0.15, 0.2) is 17.2 Å². The summed E-state index contributed by atoms with van der Waals surface area (Å²) in [7, 11) is 0. The summed E-state index contributed by atoms with van der Waals surface area (Å²) in [5.41, 5.74) is -0.164. The Morgan fingerprint density at radius 2 is 2.38 bits per heavy atom. The lowest BCUT2D eigenvalue weighted by atomic mass is 10.3. The first-order valence-corrected chi connectivity index (χ1v) is 6.12. The van der Waals surface area contributed by atoms with Crippen LogP contribution >= 0.6 is 11.6 Å². The van der Waals surface area contributed by atoms with Crippen molar-refractivity contribution in [2.45, 2.75) is 0 Å². The van der Waals surface area contributed by atoms with E-state index in [0.29, 0.717) is 0 Å². The van der Waals surface area contributed by atoms with Crippen molar-refractivity contribution >= 4 is 30.0 Å². The standard InChI is InChI=1S/C13H13ClFN3O3/c1-3-6-21-12-8-11(10(15)7-9(12)14)17-13(20)18(16-2)4-5-19/h1,7-8,19H,2,4-6H2,(H,17,20). The molecule has 0 aliphatic rings. The Morgan fingerprint density at radius 3 is 2.95 bits per heavy atom. The third-order valence-corrected chi connectivity index (χ3v) is 2.59. The monoisotopic (exact) mass is 313 g/mol. The molecule has 0 heterocycles. The average Bonchev–Trinajstić information content (AvgIpc) is 2.46. The Hall–Kier alpha value is -2.30. The van der Waals surface area contributed by atoms with Gasteiger partial charge in [-0.25, -0.2) is 14.2 Å². The lowest BCUT2D eigenvalue weighted by Gasteiger charge is -2.17. The molecule has 6 nitrogen and oxygen atoms in total. The largest absolute Gasteiger partial charge is 0.479 e. The molecule has 0 spiro atoms. The number of ether oxygens (including phenoxy) is 1. The number of nitrogens with one attached hydrogen (secondary N) is 1. The molecular formula is C13H13ClFN3O3. The van der Waals surface area contributed by atoms with Crippen molar-refractivity contribution in [1.29, 1.82) is 0 Å². The van der Waals surface area contributed by atoms with Crippen LogP contribution in [0.1, 0.15) is 0 Å². The second-order valence-electron chi connectivity index (χ2n) is 3.67. The number of amides is 2. The minimum Gasteiger partial charge on any atom is -0.479 e. The van der Waals surface area contributed by atoms with Gasteiger partial charge in [-0.1, -0.05) is 17.5 Å². The molecule has 0 fully saturated rings. The summed E-state index contributed by atoms with van der Waals surface area (Å²) in [4.78, 5) is 11.8. The van der Waals surface area contributed by atoms with Crippen molar-refractivity contribution in [3.05, 3.63) is 23.0 Å². The first kappa shape index (κ1) is 16.8. The molecule has 0 radical (unpaired) electrons. The minimum atomic E-state index is -0.761. The number of aliphatic hydroxyl groups excluding tert-OH is 1. The molecule has 0 unspecified atom stereocenters. The van der Waals surface area contributed by atoms with Gasteiger partial charge in [0.25, 0.3) is 0 Å². The van der Waals surface area contributed by atoms with Crippen molar-refractivity contribution in [2.75, 3.05) is 25.1 Å². The molecule has 0 saturated heterocycles. The zero-order valence-corrected chi connectivity index (χ0v) is 11.7. The van der Waals surface area contributed by atoms with E-state index < -0.39 is 11.8 Å². The fourth-order valence-corrected chi connectivity index (χ4v) is 1.57. The van der Waals surface area contributed by atoms with Crippen molar-refractivity contribution in [1.82, 2.24) is 5.01 Å². The molecule has 0 atom stereocenters. The lowest BCUT2D eigenvalue weighted by Crippen LogP contribution is -2.32. The second-order valence-corrected chi connectivity index (χ2v) is 4.08. The summed E-state index contributed by atoms with van der Waals surface area (Å²) in [6.45, 7) is 2.74. The number of nitrogens with zero attached hydrogens (tertiary/aromatic N) is 2. The van der Waals surface area contributed by atoms with Gasteiger partial charge in [0.05, 0.1) is 23.9 Å². The van der Waals surface area contributed by atoms with Crippen LogP contribution in [-0.2, 0) is 0 Å². The van der Waals surface area contributed by atoms with Gasteiger partial charge in [0.2, 0.25) is 0 Å². The van der Waals surface area contributed by atoms with Crippen LogP contribution < -0.4 is 10.1 Å². The molecule has 112 valence electrons. The van der Waals surface area contributed by atoms with E-state index in [0.717, 1.165) is 11.1 Å². The van der Waals surface area contributed by atoms with Gasteiger partial charge in [-0.15, -0.1) is 6.42 Å². The first-order valence-electron chi connectivity index (χ1n) is 5.74. The number of halogens is 2. The molecule has 1 rings (SSSR count). The van der Waals surface area contributed by atoms with Crippen LogP contribution in [0, 0.1) is 18.2 Å². The topological polar surface area (TPSA) is 74.2 Å². The van der Waals surface area contributed by atoms with Gasteiger partial charge in [-0.2, -0.15) is 5.10 Å². The number of benzene rings is 1. The summed E-state index contributed by atoms with van der Waals surface area (Å²) in [6, 6.07) is 1.43. The van der Waals surface area contributed by atoms with Crippen LogP contribution in [0.25, 0.3) is 0 Å². The van der Waals surface area contributed by atoms with E-state index in [1.807, 2.05) is 0 Å². The maximum Gasteiger partial charge on any atom is 0.342 e. The van der Waals surface area contributed by atoms with Crippen molar-refractivity contribution in [3.63, 3.8) is 0 Å². The number of terminal acetylenes is 1. The minimum absolute atomic E-state index is 0.0230. The third-order valence-electron chi connectivity index (χ3n) is 2.29. The summed E-state index contributed by atoms with van der Waals surface area (Å²) >= 11 is 5.80. The van der Waals surface area contributed by atoms with Gasteiger partial charge in [-0.05, 0) is 6.07 Å². The van der Waals surface area contributed by atoms with Gasteiger partial charge in [0.1, 0.15) is 18.2 Å². The van der Waals surface area contributed by atoms with Crippen LogP contribution in [0.5, 0.6) is 5.75 Å². The Bertz CT molecular complexity index is 575. The number of hydrogen-bond donors (Lipinski definition) is 2. The normalized spacial score (nSPS) is 9.62. The predicted octanol–water partition coefficient (Wildman–Crippen LogP) is 1.93. The molecule has 0 bridgehead atoms. The smallest absolute Gasteiger partial charge is 0.342 e. The molecule has 1 aromatic rings. The number of carbonyl (C=O) groups excluding carboxylic acids is 1. The Morgan fingerprint density at radius 1 is 1.67 bits per heavy atom. The molecule has 0 saturated carbocycles. The molecule has 0 aliphatic carbocycles. The zero-order valence-electron chi connectivity index (χ0n) is 11.0. The predicted molar refractivity (Wildman–Crippen MR) is 78.1 cm³/mol. The number of carbonyl (C=O) groups is 1. The van der Waals surface area contributed by atoms with Crippen molar-refractivity contribution in [3.8, 4) is 18.1 Å². The number of aliphatic hydroxyl groups is 1. The molecule has 0 aromatic heterocycles. The summed E-state index contributed by atoms with van der Waals surface area (Å²) in [5, 5.41) is 15.3. The number of anilines is 1. The average molecular weight is 314 g/mol. The summed E-state index contributed by atoms with van der Waals surface area (Å²) in [6.07, 6.45) is 5.05. The highest BCUT2D eigenvalue weighted by Crippen LogP contribution is 2.30. The van der Waals surface area contributed by atoms with E-state index in [2.05, 4.69) is 23.1 Å². The second kappa shape index (κ2) is 8.09. The lowest BCUT2D eigenvalue weighted by molar-refractivity contribution is 0.192. The van der Waals surface area contributed by atoms with Gasteiger partial charge >= 0.3 is 6.03 Å². The van der Waals surface area contributed by atoms with Crippen LogP contribution in [0.2, 0.25) is 5.02 Å². The van der Waals surface area contributed by atoms with Gasteiger partial charge in [0.15, 0.2) is 0 Å². The van der Waals surface area contributed by atoms with Crippen LogP contribution in [-0.4, -0.2) is 42.6 Å². The molecule has 2 amide bonds. The molecule has 21 heavy (non-hydrogen) atoms. The Kier molecular flexibility index (Phi) is 6.46. The van der Waals surface area contributed by atoms with Gasteiger partial charge in [0, 0.05) is 12.8 Å². The Balaban J connectivity index is 2.94. The van der Waals surface area contributed by atoms with E-state index in [1.54, 1.807) is 0 Å². The van der Waals surface area contributed by atoms with E-state index in [1.165, 1.54) is 6.07 Å². The van der Waals surface area contributed by atoms with Gasteiger partial charge < -0.3 is 15.2 Å². The fourth-order valence-electron chi connectivity index (χ4n) is 1.37. The number of urea groups is 1. The number of rotatable bonds is 6. The SMILES string of the molecule is C#CCOc1cc(NC(=O)N(CCO)N=C)c(F)cc1Cl. The van der Waals surface area contributed by atoms with E-state index in [4.69, 9.17) is 27.9 Å². The fraction of sp³-hybridized carbons (Fsp3) is 0.231. The summed E-state index contributed by atoms with van der Waals surface area (Å²) in [5.74, 6) is 1.62. The highest BCUT2D eigenvalue weighted by molar-refractivity contribution is 6.32. The van der Waals surface area contributed by atoms with Gasteiger partial charge in [-0.3, -0.25) is 0 Å². The molecule has 1 aromatic carbocycles. The maximum atomic E-state index is 13.8. The van der Waals surface area contributed by atoms with Crippen molar-refractivity contribution in [2.24, 2.45) is 5.10 Å². The number of hydrazone groups is 1. The van der Waals surface area contributed by atoms with Crippen LogP contribution in [0.3, 0.4) is 0 Å². The van der Waals surface area contributed by atoms with E-state index >= 15 is 0 Å². The molecular weight excluding hydrogens is 301 g/mol. The van der Waals surface area contributed by atoms with Crippen LogP contribution in [0.4, 0.5) is 14.9 Å². The maximum absolute atomic E-state index is 13.8. The zero-order chi connectivity index (χ0) is 15.8. The van der Waals surface area contributed by atoms with E-state index in [-0.39, 0.29) is 36.2 Å². The van der Waals surface area contributed by atoms with Crippen molar-refractivity contribution < 1.29 is 19.0 Å². The highest BCUT2D eigenvalue weighted by Gasteiger charge is 2.16. The van der Waals surface area contributed by atoms with E-state index in [9.17, 15) is 9.18 Å². The number of hydrogen-bond acceptors (Lipinski definition) is 4. The highest BCUT2D eigenvalue weighted by atomic mass is 35.5. The Labute approximate surface area is 126 Å². The third kappa shape index (κ3) is 4.63. The molecule has 8 heteroatoms. The molecule has 2 N–H and O–H groups in total. The quantitative estimate of drug-likeness (QED) is 0.479.